The first-order valence-electron chi connectivity index (χ1n) is 10.6. The molecule has 176 valence electrons. The molecule has 8 heteroatoms. The molecule has 1 amide bonds. The number of hydrogen-bond donors (Lipinski definition) is 2. The van der Waals surface area contributed by atoms with Gasteiger partial charge in [-0.3, -0.25) is 14.3 Å². The van der Waals surface area contributed by atoms with E-state index >= 15 is 0 Å². The second-order valence-electron chi connectivity index (χ2n) is 9.94. The minimum Gasteiger partial charge on any atom is -0.495 e. The first-order valence-corrected chi connectivity index (χ1v) is 12.2. The molecular formula is C23H38N2O5S. The van der Waals surface area contributed by atoms with E-state index in [1.165, 1.54) is 25.3 Å². The SMILES string of the molecule is CCC(=O)C(CC)(CS(=O)(=O)Nc1ccc(C(=O)NC(C)(C)C)cc1OC)C(C)(C)C. The molecular weight excluding hydrogens is 416 g/mol. The number of benzene rings is 1. The van der Waals surface area contributed by atoms with E-state index in [1.54, 1.807) is 6.92 Å². The predicted octanol–water partition coefficient (Wildman–Crippen LogP) is 4.39. The second kappa shape index (κ2) is 9.59. The van der Waals surface area contributed by atoms with Gasteiger partial charge in [0.15, 0.2) is 0 Å². The lowest BCUT2D eigenvalue weighted by Gasteiger charge is -2.42. The molecule has 0 fully saturated rings. The number of amides is 1. The quantitative estimate of drug-likeness (QED) is 0.576. The van der Waals surface area contributed by atoms with Gasteiger partial charge in [0.25, 0.3) is 5.91 Å². The molecule has 7 nitrogen and oxygen atoms in total. The van der Waals surface area contributed by atoms with E-state index in [0.717, 1.165) is 0 Å². The summed E-state index contributed by atoms with van der Waals surface area (Å²) >= 11 is 0. The molecule has 0 aliphatic rings. The summed E-state index contributed by atoms with van der Waals surface area (Å²) in [6.07, 6.45) is 0.675. The Balaban J connectivity index is 3.28. The van der Waals surface area contributed by atoms with Crippen LogP contribution in [-0.2, 0) is 14.8 Å². The maximum absolute atomic E-state index is 13.1. The van der Waals surface area contributed by atoms with Gasteiger partial charge in [0.2, 0.25) is 10.0 Å². The fourth-order valence-corrected chi connectivity index (χ4v) is 5.76. The van der Waals surface area contributed by atoms with E-state index in [2.05, 4.69) is 10.0 Å². The van der Waals surface area contributed by atoms with Gasteiger partial charge in [-0.1, -0.05) is 34.6 Å². The number of ketones is 1. The summed E-state index contributed by atoms with van der Waals surface area (Å²) in [5.41, 5.74) is -1.39. The Morgan fingerprint density at radius 1 is 1.03 bits per heavy atom. The number of nitrogens with one attached hydrogen (secondary N) is 2. The zero-order valence-electron chi connectivity index (χ0n) is 20.3. The van der Waals surface area contributed by atoms with Crippen LogP contribution in [0.1, 0.15) is 78.6 Å². The van der Waals surface area contributed by atoms with Gasteiger partial charge in [0.05, 0.1) is 18.6 Å². The molecule has 1 unspecified atom stereocenters. The highest BCUT2D eigenvalue weighted by molar-refractivity contribution is 7.92. The molecule has 0 bridgehead atoms. The Bertz CT molecular complexity index is 911. The fraction of sp³-hybridized carbons (Fsp3) is 0.652. The molecule has 1 aromatic carbocycles. The number of Topliss-reactive ketones (excluding diaryl/α,β-unsaturated/α-hetero) is 1. The number of sulfonamides is 1. The monoisotopic (exact) mass is 454 g/mol. The molecule has 31 heavy (non-hydrogen) atoms. The molecule has 0 saturated heterocycles. The Labute approximate surface area is 187 Å². The summed E-state index contributed by atoms with van der Waals surface area (Å²) in [7, 11) is -2.48. The van der Waals surface area contributed by atoms with Gasteiger partial charge >= 0.3 is 0 Å². The summed E-state index contributed by atoms with van der Waals surface area (Å²) in [6, 6.07) is 4.53. The maximum atomic E-state index is 13.1. The molecule has 0 aliphatic carbocycles. The second-order valence-corrected chi connectivity index (χ2v) is 11.7. The van der Waals surface area contributed by atoms with Gasteiger partial charge in [-0.25, -0.2) is 8.42 Å². The molecule has 0 aromatic heterocycles. The standard InChI is InChI=1S/C23H38N2O5S/c1-10-19(26)23(11-2,21(3,4)5)15-31(28,29)25-17-13-12-16(14-18(17)30-9)20(27)24-22(6,7)8/h12-14,25H,10-11,15H2,1-9H3,(H,24,27). The van der Waals surface area contributed by atoms with Crippen molar-refractivity contribution in [2.45, 2.75) is 73.8 Å². The Morgan fingerprint density at radius 3 is 2.03 bits per heavy atom. The smallest absolute Gasteiger partial charge is 0.251 e. The van der Waals surface area contributed by atoms with Crippen LogP contribution in [-0.4, -0.2) is 38.5 Å². The molecule has 1 aromatic rings. The van der Waals surface area contributed by atoms with Crippen molar-refractivity contribution in [3.8, 4) is 5.75 Å². The van der Waals surface area contributed by atoms with Crippen LogP contribution in [0.25, 0.3) is 0 Å². The number of carbonyl (C=O) groups excluding carboxylic acids is 2. The van der Waals surface area contributed by atoms with Crippen molar-refractivity contribution in [3.05, 3.63) is 23.8 Å². The first-order chi connectivity index (χ1) is 14.0. The van der Waals surface area contributed by atoms with Crippen LogP contribution in [0.5, 0.6) is 5.75 Å². The van der Waals surface area contributed by atoms with Crippen molar-refractivity contribution in [1.29, 1.82) is 0 Å². The minimum atomic E-state index is -3.89. The summed E-state index contributed by atoms with van der Waals surface area (Å²) < 4.78 is 34.1. The number of hydrogen-bond acceptors (Lipinski definition) is 5. The third-order valence-corrected chi connectivity index (χ3v) is 6.95. The van der Waals surface area contributed by atoms with Gasteiger partial charge in [-0.05, 0) is 50.8 Å². The number of anilines is 1. The van der Waals surface area contributed by atoms with Crippen molar-refractivity contribution >= 4 is 27.4 Å². The highest BCUT2D eigenvalue weighted by Crippen LogP contribution is 2.44. The zero-order valence-corrected chi connectivity index (χ0v) is 21.1. The predicted molar refractivity (Wildman–Crippen MR) is 125 cm³/mol. The third kappa shape index (κ3) is 6.69. The zero-order chi connectivity index (χ0) is 24.3. The highest BCUT2D eigenvalue weighted by atomic mass is 32.2. The van der Waals surface area contributed by atoms with Gasteiger partial charge in [-0.15, -0.1) is 0 Å². The number of ether oxygens (including phenoxy) is 1. The lowest BCUT2D eigenvalue weighted by molar-refractivity contribution is -0.133. The van der Waals surface area contributed by atoms with E-state index in [4.69, 9.17) is 4.74 Å². The van der Waals surface area contributed by atoms with Gasteiger partial charge in [0.1, 0.15) is 11.5 Å². The maximum Gasteiger partial charge on any atom is 0.251 e. The Morgan fingerprint density at radius 2 is 1.61 bits per heavy atom. The molecule has 0 aliphatic heterocycles. The minimum absolute atomic E-state index is 0.0750. The van der Waals surface area contributed by atoms with Crippen molar-refractivity contribution < 1.29 is 22.7 Å². The van der Waals surface area contributed by atoms with Crippen LogP contribution in [0.3, 0.4) is 0 Å². The topological polar surface area (TPSA) is 102 Å². The number of rotatable bonds is 9. The lowest BCUT2D eigenvalue weighted by atomic mass is 9.63. The molecule has 0 radical (unpaired) electrons. The average molecular weight is 455 g/mol. The van der Waals surface area contributed by atoms with Gasteiger partial charge in [0, 0.05) is 22.9 Å². The van der Waals surface area contributed by atoms with Gasteiger partial charge < -0.3 is 10.1 Å². The van der Waals surface area contributed by atoms with Crippen molar-refractivity contribution in [3.63, 3.8) is 0 Å². The molecule has 0 heterocycles. The van der Waals surface area contributed by atoms with E-state index in [9.17, 15) is 18.0 Å². The third-order valence-electron chi connectivity index (χ3n) is 5.55. The van der Waals surface area contributed by atoms with Crippen LogP contribution in [0.4, 0.5) is 5.69 Å². The van der Waals surface area contributed by atoms with Crippen molar-refractivity contribution in [1.82, 2.24) is 5.32 Å². The molecule has 1 atom stereocenters. The van der Waals surface area contributed by atoms with Gasteiger partial charge in [-0.2, -0.15) is 0 Å². The molecule has 1 rings (SSSR count). The van der Waals surface area contributed by atoms with E-state index in [1.807, 2.05) is 48.5 Å². The number of carbonyl (C=O) groups is 2. The van der Waals surface area contributed by atoms with Crippen molar-refractivity contribution in [2.24, 2.45) is 10.8 Å². The van der Waals surface area contributed by atoms with E-state index in [-0.39, 0.29) is 35.3 Å². The van der Waals surface area contributed by atoms with Crippen LogP contribution in [0.15, 0.2) is 18.2 Å². The summed E-state index contributed by atoms with van der Waals surface area (Å²) in [5.74, 6) is -0.465. The average Bonchev–Trinajstić information content (AvgIpc) is 2.63. The summed E-state index contributed by atoms with van der Waals surface area (Å²) in [4.78, 5) is 25.3. The number of methoxy groups -OCH3 is 1. The molecule has 0 spiro atoms. The van der Waals surface area contributed by atoms with Crippen LogP contribution >= 0.6 is 0 Å². The van der Waals surface area contributed by atoms with E-state index < -0.39 is 26.4 Å². The van der Waals surface area contributed by atoms with E-state index in [0.29, 0.717) is 12.0 Å². The normalized spacial score (nSPS) is 14.5. The Kier molecular flexibility index (Phi) is 8.33. The fourth-order valence-electron chi connectivity index (χ4n) is 3.74. The Hall–Kier alpha value is -2.09. The summed E-state index contributed by atoms with van der Waals surface area (Å²) in [6.45, 7) is 14.9. The van der Waals surface area contributed by atoms with Crippen LogP contribution < -0.4 is 14.8 Å². The largest absolute Gasteiger partial charge is 0.495 e. The first kappa shape index (κ1) is 26.9. The van der Waals surface area contributed by atoms with Crippen molar-refractivity contribution in [2.75, 3.05) is 17.6 Å². The van der Waals surface area contributed by atoms with Crippen LogP contribution in [0, 0.1) is 10.8 Å². The highest BCUT2D eigenvalue weighted by Gasteiger charge is 2.48. The molecule has 0 saturated carbocycles. The lowest BCUT2D eigenvalue weighted by Crippen LogP contribution is -2.48. The van der Waals surface area contributed by atoms with Crippen LogP contribution in [0.2, 0.25) is 0 Å². The molecule has 2 N–H and O–H groups in total. The summed E-state index contributed by atoms with van der Waals surface area (Å²) in [5, 5.41) is 2.86.